The summed E-state index contributed by atoms with van der Waals surface area (Å²) in [6, 6.07) is 13.4. The first-order valence-corrected chi connectivity index (χ1v) is 9.24. The Morgan fingerprint density at radius 1 is 1.00 bits per heavy atom. The largest absolute Gasteiger partial charge is 0.493 e. The van der Waals surface area contributed by atoms with Crippen molar-refractivity contribution in [2.75, 3.05) is 27.4 Å². The van der Waals surface area contributed by atoms with E-state index in [0.29, 0.717) is 24.7 Å². The van der Waals surface area contributed by atoms with Gasteiger partial charge in [0.25, 0.3) is 0 Å². The Morgan fingerprint density at radius 3 is 2.31 bits per heavy atom. The van der Waals surface area contributed by atoms with Gasteiger partial charge in [-0.2, -0.15) is 5.10 Å². The molecule has 7 heteroatoms. The fraction of sp³-hybridized carbons (Fsp3) is 0.364. The van der Waals surface area contributed by atoms with Gasteiger partial charge in [0, 0.05) is 0 Å². The van der Waals surface area contributed by atoms with Crippen LogP contribution in [0.5, 0.6) is 17.2 Å². The Hall–Kier alpha value is -3.22. The third kappa shape index (κ3) is 7.03. The van der Waals surface area contributed by atoms with Crippen LogP contribution in [0.2, 0.25) is 0 Å². The molecule has 0 fully saturated rings. The van der Waals surface area contributed by atoms with Crippen molar-refractivity contribution in [2.24, 2.45) is 5.10 Å². The smallest absolute Gasteiger partial charge is 0.427 e. The fourth-order valence-electron chi connectivity index (χ4n) is 2.45. The molecule has 0 bridgehead atoms. The second-order valence-electron chi connectivity index (χ2n) is 7.24. The van der Waals surface area contributed by atoms with Gasteiger partial charge < -0.3 is 18.9 Å². The van der Waals surface area contributed by atoms with E-state index in [-0.39, 0.29) is 5.41 Å². The Morgan fingerprint density at radius 2 is 1.69 bits per heavy atom. The molecule has 0 radical (unpaired) electrons. The molecule has 0 aliphatic rings. The van der Waals surface area contributed by atoms with Gasteiger partial charge in [0.2, 0.25) is 0 Å². The average Bonchev–Trinajstić information content (AvgIpc) is 2.71. The molecule has 156 valence electrons. The summed E-state index contributed by atoms with van der Waals surface area (Å²) in [6.07, 6.45) is 0.842. The first-order chi connectivity index (χ1) is 13.8. The van der Waals surface area contributed by atoms with Crippen LogP contribution in [0.25, 0.3) is 0 Å². The molecule has 2 rings (SSSR count). The standard InChI is InChI=1S/C22H28N2O5/c1-22(2,3)17-7-9-18(10-8-17)28-12-13-29-19-11-6-16(14-20(19)26-4)15-23-24-21(25)27-5/h6-11,14-15H,12-13H2,1-5H3,(H,24,25). The number of carbonyl (C=O) groups is 1. The molecule has 0 unspecified atom stereocenters. The van der Waals surface area contributed by atoms with E-state index in [1.165, 1.54) is 18.9 Å². The van der Waals surface area contributed by atoms with Crippen LogP contribution < -0.4 is 19.6 Å². The van der Waals surface area contributed by atoms with Crippen LogP contribution in [0, 0.1) is 0 Å². The van der Waals surface area contributed by atoms with Crippen LogP contribution in [0.4, 0.5) is 4.79 Å². The van der Waals surface area contributed by atoms with Crippen molar-refractivity contribution >= 4 is 12.3 Å². The van der Waals surface area contributed by atoms with Crippen LogP contribution in [0.3, 0.4) is 0 Å². The second-order valence-corrected chi connectivity index (χ2v) is 7.24. The van der Waals surface area contributed by atoms with Gasteiger partial charge in [0.15, 0.2) is 11.5 Å². The molecule has 0 saturated carbocycles. The third-order valence-electron chi connectivity index (χ3n) is 4.07. The quantitative estimate of drug-likeness (QED) is 0.409. The maximum atomic E-state index is 11.0. The van der Waals surface area contributed by atoms with Crippen molar-refractivity contribution in [1.82, 2.24) is 5.43 Å². The number of benzene rings is 2. The Labute approximate surface area is 171 Å². The lowest BCUT2D eigenvalue weighted by Gasteiger charge is -2.19. The summed E-state index contributed by atoms with van der Waals surface area (Å²) < 4.78 is 21.3. The zero-order valence-electron chi connectivity index (χ0n) is 17.5. The molecule has 1 amide bonds. The van der Waals surface area contributed by atoms with Gasteiger partial charge in [-0.05, 0) is 46.9 Å². The first-order valence-electron chi connectivity index (χ1n) is 9.24. The van der Waals surface area contributed by atoms with Gasteiger partial charge in [-0.25, -0.2) is 10.2 Å². The summed E-state index contributed by atoms with van der Waals surface area (Å²) in [5.41, 5.74) is 4.33. The highest BCUT2D eigenvalue weighted by atomic mass is 16.5. The predicted molar refractivity (Wildman–Crippen MR) is 112 cm³/mol. The van der Waals surface area contributed by atoms with E-state index in [9.17, 15) is 4.79 Å². The highest BCUT2D eigenvalue weighted by molar-refractivity contribution is 5.82. The monoisotopic (exact) mass is 400 g/mol. The van der Waals surface area contributed by atoms with E-state index in [4.69, 9.17) is 14.2 Å². The number of nitrogens with zero attached hydrogens (tertiary/aromatic N) is 1. The second kappa shape index (κ2) is 10.4. The van der Waals surface area contributed by atoms with Gasteiger partial charge in [0.05, 0.1) is 20.4 Å². The normalized spacial score (nSPS) is 11.2. The summed E-state index contributed by atoms with van der Waals surface area (Å²) in [6.45, 7) is 7.31. The van der Waals surface area contributed by atoms with Gasteiger partial charge in [-0.3, -0.25) is 0 Å². The van der Waals surface area contributed by atoms with E-state index >= 15 is 0 Å². The molecule has 0 saturated heterocycles. The highest BCUT2D eigenvalue weighted by Crippen LogP contribution is 2.28. The molecule has 2 aromatic rings. The molecule has 0 heterocycles. The van der Waals surface area contributed by atoms with Gasteiger partial charge in [0.1, 0.15) is 19.0 Å². The first kappa shape index (κ1) is 22.1. The number of methoxy groups -OCH3 is 2. The van der Waals surface area contributed by atoms with Crippen LogP contribution in [0.1, 0.15) is 31.9 Å². The van der Waals surface area contributed by atoms with Crippen LogP contribution in [-0.2, 0) is 10.2 Å². The lowest BCUT2D eigenvalue weighted by Crippen LogP contribution is -2.16. The maximum Gasteiger partial charge on any atom is 0.427 e. The zero-order chi connectivity index (χ0) is 21.3. The molecular weight excluding hydrogens is 372 g/mol. The number of ether oxygens (including phenoxy) is 4. The highest BCUT2D eigenvalue weighted by Gasteiger charge is 2.13. The molecule has 2 aromatic carbocycles. The van der Waals surface area contributed by atoms with Crippen LogP contribution >= 0.6 is 0 Å². The lowest BCUT2D eigenvalue weighted by atomic mass is 9.87. The molecule has 0 aliphatic carbocycles. The maximum absolute atomic E-state index is 11.0. The van der Waals surface area contributed by atoms with Crippen molar-refractivity contribution in [2.45, 2.75) is 26.2 Å². The van der Waals surface area contributed by atoms with E-state index in [2.05, 4.69) is 48.2 Å². The minimum absolute atomic E-state index is 0.116. The number of rotatable bonds is 8. The van der Waals surface area contributed by atoms with Crippen molar-refractivity contribution < 1.29 is 23.7 Å². The minimum atomic E-state index is -0.638. The predicted octanol–water partition coefficient (Wildman–Crippen LogP) is 4.14. The lowest BCUT2D eigenvalue weighted by molar-refractivity contribution is 0.171. The third-order valence-corrected chi connectivity index (χ3v) is 4.07. The molecule has 29 heavy (non-hydrogen) atoms. The Bertz CT molecular complexity index is 826. The number of hydrazone groups is 1. The SMILES string of the molecule is COC(=O)NN=Cc1ccc(OCCOc2ccc(C(C)(C)C)cc2)c(OC)c1. The summed E-state index contributed by atoms with van der Waals surface area (Å²) in [7, 11) is 2.83. The number of amides is 1. The fourth-order valence-corrected chi connectivity index (χ4v) is 2.45. The Balaban J connectivity index is 1.86. The van der Waals surface area contributed by atoms with E-state index in [1.807, 2.05) is 12.1 Å². The average molecular weight is 400 g/mol. The van der Waals surface area contributed by atoms with Crippen molar-refractivity contribution in [3.8, 4) is 17.2 Å². The molecule has 0 aliphatic heterocycles. The zero-order valence-corrected chi connectivity index (χ0v) is 17.5. The molecule has 0 spiro atoms. The summed E-state index contributed by atoms with van der Waals surface area (Å²) >= 11 is 0. The number of carbonyl (C=O) groups excluding carboxylic acids is 1. The molecule has 0 atom stereocenters. The number of nitrogens with one attached hydrogen (secondary N) is 1. The van der Waals surface area contributed by atoms with Gasteiger partial charge in [-0.15, -0.1) is 0 Å². The molecule has 7 nitrogen and oxygen atoms in total. The summed E-state index contributed by atoms with van der Waals surface area (Å²) in [5, 5.41) is 3.78. The molecule has 1 N–H and O–H groups in total. The van der Waals surface area contributed by atoms with E-state index < -0.39 is 6.09 Å². The van der Waals surface area contributed by atoms with Crippen LogP contribution in [0.15, 0.2) is 47.6 Å². The van der Waals surface area contributed by atoms with E-state index in [1.54, 1.807) is 25.3 Å². The van der Waals surface area contributed by atoms with Gasteiger partial charge >= 0.3 is 6.09 Å². The van der Waals surface area contributed by atoms with E-state index in [0.717, 1.165) is 11.3 Å². The summed E-state index contributed by atoms with van der Waals surface area (Å²) in [5.74, 6) is 1.96. The minimum Gasteiger partial charge on any atom is -0.493 e. The Kier molecular flexibility index (Phi) is 7.88. The summed E-state index contributed by atoms with van der Waals surface area (Å²) in [4.78, 5) is 11.0. The molecule has 0 aromatic heterocycles. The topological polar surface area (TPSA) is 78.4 Å². The number of hydrogen-bond donors (Lipinski definition) is 1. The van der Waals surface area contributed by atoms with Gasteiger partial charge in [-0.1, -0.05) is 32.9 Å². The van der Waals surface area contributed by atoms with Crippen molar-refractivity contribution in [3.05, 3.63) is 53.6 Å². The van der Waals surface area contributed by atoms with Crippen LogP contribution in [-0.4, -0.2) is 39.7 Å². The molecular formula is C22H28N2O5. The van der Waals surface area contributed by atoms with Crippen molar-refractivity contribution in [1.29, 1.82) is 0 Å². The number of hydrogen-bond acceptors (Lipinski definition) is 6. The van der Waals surface area contributed by atoms with Crippen molar-refractivity contribution in [3.63, 3.8) is 0 Å².